The maximum absolute atomic E-state index is 13.0. The summed E-state index contributed by atoms with van der Waals surface area (Å²) in [6.07, 6.45) is 6.28. The third kappa shape index (κ3) is 2.96. The second-order valence-electron chi connectivity index (χ2n) is 6.62. The molecular formula is C20H18N4O3. The van der Waals surface area contributed by atoms with Gasteiger partial charge in [0.05, 0.1) is 37.0 Å². The molecule has 3 aromatic heterocycles. The van der Waals surface area contributed by atoms with E-state index in [4.69, 9.17) is 9.47 Å². The van der Waals surface area contributed by atoms with E-state index in [-0.39, 0.29) is 11.7 Å². The first kappa shape index (κ1) is 16.0. The molecule has 0 amide bonds. The van der Waals surface area contributed by atoms with E-state index in [1.54, 1.807) is 6.20 Å². The highest BCUT2D eigenvalue weighted by molar-refractivity contribution is 5.86. The summed E-state index contributed by atoms with van der Waals surface area (Å²) >= 11 is 0. The van der Waals surface area contributed by atoms with E-state index in [1.807, 2.05) is 53.2 Å². The standard InChI is InChI=1S/C20H18N4O3/c25-20-19-14(4-3-5-17(19)27-16-12-26-13-16)10-21-24(20)9-7-15-11-23-8-2-1-6-18(23)22-15/h1-6,8,10-11,16H,7,9,12-13H2. The van der Waals surface area contributed by atoms with Gasteiger partial charge >= 0.3 is 0 Å². The second-order valence-corrected chi connectivity index (χ2v) is 6.62. The van der Waals surface area contributed by atoms with Crippen molar-refractivity contribution >= 4 is 16.4 Å². The third-order valence-electron chi connectivity index (χ3n) is 4.74. The number of ether oxygens (including phenoxy) is 2. The largest absolute Gasteiger partial charge is 0.485 e. The van der Waals surface area contributed by atoms with Gasteiger partial charge in [-0.15, -0.1) is 0 Å². The number of fused-ring (bicyclic) bond motifs is 2. The summed E-state index contributed by atoms with van der Waals surface area (Å²) in [5, 5.41) is 5.66. The van der Waals surface area contributed by atoms with Crippen LogP contribution >= 0.6 is 0 Å². The summed E-state index contributed by atoms with van der Waals surface area (Å²) in [4.78, 5) is 17.6. The van der Waals surface area contributed by atoms with Crippen molar-refractivity contribution in [2.45, 2.75) is 19.1 Å². The summed E-state index contributed by atoms with van der Waals surface area (Å²) in [5.41, 5.74) is 1.67. The number of nitrogens with zero attached hydrogens (tertiary/aromatic N) is 4. The Bertz CT molecular complexity index is 1140. The molecule has 27 heavy (non-hydrogen) atoms. The van der Waals surface area contributed by atoms with Crippen LogP contribution in [0.2, 0.25) is 0 Å². The Morgan fingerprint density at radius 3 is 2.93 bits per heavy atom. The van der Waals surface area contributed by atoms with Crippen LogP contribution in [0.4, 0.5) is 0 Å². The van der Waals surface area contributed by atoms with Gasteiger partial charge in [-0.25, -0.2) is 9.67 Å². The van der Waals surface area contributed by atoms with Crippen LogP contribution < -0.4 is 10.3 Å². The molecule has 5 rings (SSSR count). The van der Waals surface area contributed by atoms with E-state index in [0.717, 1.165) is 16.7 Å². The monoisotopic (exact) mass is 362 g/mol. The summed E-state index contributed by atoms with van der Waals surface area (Å²) in [6.45, 7) is 1.58. The minimum absolute atomic E-state index is 0.00888. The highest BCUT2D eigenvalue weighted by atomic mass is 16.6. The van der Waals surface area contributed by atoms with Crippen molar-refractivity contribution in [2.75, 3.05) is 13.2 Å². The lowest BCUT2D eigenvalue weighted by molar-refractivity contribution is -0.0791. The number of hydrogen-bond donors (Lipinski definition) is 0. The first-order valence-corrected chi connectivity index (χ1v) is 8.94. The second kappa shape index (κ2) is 6.51. The highest BCUT2D eigenvalue weighted by Crippen LogP contribution is 2.24. The number of benzene rings is 1. The quantitative estimate of drug-likeness (QED) is 0.544. The zero-order chi connectivity index (χ0) is 18.2. The van der Waals surface area contributed by atoms with Crippen molar-refractivity contribution in [3.05, 3.63) is 71.0 Å². The van der Waals surface area contributed by atoms with Crippen LogP contribution in [0.3, 0.4) is 0 Å². The predicted molar refractivity (Wildman–Crippen MR) is 100 cm³/mol. The third-order valence-corrected chi connectivity index (χ3v) is 4.74. The lowest BCUT2D eigenvalue weighted by Gasteiger charge is -2.27. The summed E-state index contributed by atoms with van der Waals surface area (Å²) in [6, 6.07) is 11.4. The molecule has 0 radical (unpaired) electrons. The van der Waals surface area contributed by atoms with E-state index in [1.165, 1.54) is 4.68 Å². The summed E-state index contributed by atoms with van der Waals surface area (Å²) in [5.74, 6) is 0.592. The van der Waals surface area contributed by atoms with Gasteiger partial charge in [-0.1, -0.05) is 18.2 Å². The Hall–Kier alpha value is -3.19. The van der Waals surface area contributed by atoms with Crippen molar-refractivity contribution in [1.29, 1.82) is 0 Å². The van der Waals surface area contributed by atoms with Gasteiger partial charge in [0.2, 0.25) is 0 Å². The average molecular weight is 362 g/mol. The van der Waals surface area contributed by atoms with Gasteiger partial charge in [-0.3, -0.25) is 4.79 Å². The van der Waals surface area contributed by atoms with Crippen LogP contribution in [0.5, 0.6) is 5.75 Å². The van der Waals surface area contributed by atoms with E-state index < -0.39 is 0 Å². The first-order chi connectivity index (χ1) is 13.3. The topological polar surface area (TPSA) is 70.7 Å². The highest BCUT2D eigenvalue weighted by Gasteiger charge is 2.22. The Morgan fingerprint density at radius 2 is 2.11 bits per heavy atom. The van der Waals surface area contributed by atoms with Crippen LogP contribution in [0.1, 0.15) is 5.69 Å². The van der Waals surface area contributed by atoms with E-state index in [2.05, 4.69) is 10.1 Å². The number of aromatic nitrogens is 4. The molecule has 7 heteroatoms. The summed E-state index contributed by atoms with van der Waals surface area (Å²) in [7, 11) is 0. The van der Waals surface area contributed by atoms with E-state index in [0.29, 0.717) is 37.3 Å². The molecule has 0 atom stereocenters. The van der Waals surface area contributed by atoms with Gasteiger partial charge < -0.3 is 13.9 Å². The molecule has 0 aliphatic carbocycles. The number of rotatable bonds is 5. The molecule has 4 heterocycles. The number of aryl methyl sites for hydroxylation is 2. The van der Waals surface area contributed by atoms with Crippen LogP contribution in [-0.2, 0) is 17.7 Å². The summed E-state index contributed by atoms with van der Waals surface area (Å²) < 4.78 is 14.5. The number of imidazole rings is 1. The lowest BCUT2D eigenvalue weighted by atomic mass is 10.1. The maximum Gasteiger partial charge on any atom is 0.278 e. The van der Waals surface area contributed by atoms with Crippen molar-refractivity contribution in [3.63, 3.8) is 0 Å². The number of hydrogen-bond acceptors (Lipinski definition) is 5. The zero-order valence-corrected chi connectivity index (χ0v) is 14.6. The molecule has 136 valence electrons. The van der Waals surface area contributed by atoms with Gasteiger partial charge in [0.1, 0.15) is 17.5 Å². The number of pyridine rings is 1. The molecule has 0 unspecified atom stereocenters. The van der Waals surface area contributed by atoms with Crippen molar-refractivity contribution < 1.29 is 9.47 Å². The normalized spacial score (nSPS) is 14.5. The Balaban J connectivity index is 1.45. The van der Waals surface area contributed by atoms with Crippen molar-refractivity contribution in [1.82, 2.24) is 19.2 Å². The zero-order valence-electron chi connectivity index (χ0n) is 14.6. The molecule has 1 aliphatic rings. The fourth-order valence-electron chi connectivity index (χ4n) is 3.25. The maximum atomic E-state index is 13.0. The van der Waals surface area contributed by atoms with Gasteiger partial charge in [-0.05, 0) is 18.2 Å². The molecule has 4 aromatic rings. The van der Waals surface area contributed by atoms with Gasteiger partial charge in [0.15, 0.2) is 0 Å². The molecule has 0 saturated carbocycles. The molecule has 1 aliphatic heterocycles. The minimum atomic E-state index is -0.146. The van der Waals surface area contributed by atoms with E-state index in [9.17, 15) is 4.79 Å². The van der Waals surface area contributed by atoms with Crippen LogP contribution in [0.25, 0.3) is 16.4 Å². The molecule has 7 nitrogen and oxygen atoms in total. The lowest BCUT2D eigenvalue weighted by Crippen LogP contribution is -2.38. The van der Waals surface area contributed by atoms with Crippen LogP contribution in [0, 0.1) is 0 Å². The van der Waals surface area contributed by atoms with Crippen molar-refractivity contribution in [2.24, 2.45) is 0 Å². The molecular weight excluding hydrogens is 344 g/mol. The smallest absolute Gasteiger partial charge is 0.278 e. The molecule has 0 bridgehead atoms. The van der Waals surface area contributed by atoms with Crippen molar-refractivity contribution in [3.8, 4) is 5.75 Å². The van der Waals surface area contributed by atoms with Gasteiger partial charge in [-0.2, -0.15) is 5.10 Å². The Kier molecular flexibility index (Phi) is 3.86. The Morgan fingerprint density at radius 1 is 1.19 bits per heavy atom. The minimum Gasteiger partial charge on any atom is -0.485 e. The SMILES string of the molecule is O=c1c2c(OC3COC3)cccc2cnn1CCc1cn2ccccc2n1. The molecule has 0 N–H and O–H groups in total. The van der Waals surface area contributed by atoms with Crippen LogP contribution in [-0.4, -0.2) is 38.5 Å². The fraction of sp³-hybridized carbons (Fsp3) is 0.250. The molecule has 1 saturated heterocycles. The first-order valence-electron chi connectivity index (χ1n) is 8.94. The fourth-order valence-corrected chi connectivity index (χ4v) is 3.25. The molecule has 1 fully saturated rings. The molecule has 0 spiro atoms. The van der Waals surface area contributed by atoms with Crippen LogP contribution in [0.15, 0.2) is 59.8 Å². The average Bonchev–Trinajstić information content (AvgIpc) is 3.07. The molecule has 1 aromatic carbocycles. The van der Waals surface area contributed by atoms with Gasteiger partial charge in [0, 0.05) is 24.2 Å². The Labute approximate surface area is 154 Å². The predicted octanol–water partition coefficient (Wildman–Crippen LogP) is 2.06. The van der Waals surface area contributed by atoms with Gasteiger partial charge in [0.25, 0.3) is 5.56 Å². The van der Waals surface area contributed by atoms with E-state index >= 15 is 0 Å².